The monoisotopic (exact) mass is 260 g/mol. The molecule has 6 nitrogen and oxygen atoms in total. The minimum atomic E-state index is 0.566. The molecule has 0 aliphatic heterocycles. The first-order valence-electron chi connectivity index (χ1n) is 6.51. The molecule has 0 aliphatic rings. The third kappa shape index (κ3) is 3.21. The predicted molar refractivity (Wildman–Crippen MR) is 75.8 cm³/mol. The number of hydrogen-bond acceptors (Lipinski definition) is 5. The van der Waals surface area contributed by atoms with Gasteiger partial charge < -0.3 is 15.6 Å². The zero-order chi connectivity index (χ0) is 13.7. The number of aryl methyl sites for hydroxylation is 1. The number of imidazole rings is 1. The lowest BCUT2D eigenvalue weighted by molar-refractivity contribution is 0.786. The molecular weight excluding hydrogens is 240 g/mol. The summed E-state index contributed by atoms with van der Waals surface area (Å²) in [6, 6.07) is 0. The number of nitrogens with zero attached hydrogens (tertiary/aromatic N) is 4. The maximum absolute atomic E-state index is 5.89. The van der Waals surface area contributed by atoms with E-state index in [-0.39, 0.29) is 0 Å². The average Bonchev–Trinajstić information content (AvgIpc) is 2.79. The maximum atomic E-state index is 5.89. The van der Waals surface area contributed by atoms with Gasteiger partial charge in [0.25, 0.3) is 0 Å². The Balaban J connectivity index is 1.99. The largest absolute Gasteiger partial charge is 0.383 e. The van der Waals surface area contributed by atoms with Gasteiger partial charge >= 0.3 is 0 Å². The van der Waals surface area contributed by atoms with Crippen LogP contribution < -0.4 is 11.1 Å². The van der Waals surface area contributed by atoms with Crippen molar-refractivity contribution in [2.75, 3.05) is 17.6 Å². The summed E-state index contributed by atoms with van der Waals surface area (Å²) in [6.45, 7) is 2.89. The first kappa shape index (κ1) is 13.3. The topological polar surface area (TPSA) is 81.7 Å². The van der Waals surface area contributed by atoms with E-state index in [4.69, 9.17) is 5.73 Å². The van der Waals surface area contributed by atoms with Gasteiger partial charge in [-0.05, 0) is 6.42 Å². The van der Waals surface area contributed by atoms with Gasteiger partial charge in [0.15, 0.2) is 0 Å². The van der Waals surface area contributed by atoms with Crippen molar-refractivity contribution >= 4 is 11.6 Å². The molecule has 0 spiro atoms. The first-order valence-corrected chi connectivity index (χ1v) is 6.51. The van der Waals surface area contributed by atoms with Crippen molar-refractivity contribution in [2.45, 2.75) is 26.2 Å². The quantitative estimate of drug-likeness (QED) is 0.820. The van der Waals surface area contributed by atoms with Gasteiger partial charge in [-0.1, -0.05) is 13.3 Å². The van der Waals surface area contributed by atoms with Gasteiger partial charge in [-0.15, -0.1) is 0 Å². The Morgan fingerprint density at radius 3 is 2.79 bits per heavy atom. The zero-order valence-corrected chi connectivity index (χ0v) is 11.4. The molecule has 0 atom stereocenters. The van der Waals surface area contributed by atoms with E-state index in [0.29, 0.717) is 5.82 Å². The molecule has 0 radical (unpaired) electrons. The summed E-state index contributed by atoms with van der Waals surface area (Å²) < 4.78 is 2.02. The Kier molecular flexibility index (Phi) is 4.33. The number of aromatic nitrogens is 4. The smallest absolute Gasteiger partial charge is 0.134 e. The highest BCUT2D eigenvalue weighted by Gasteiger charge is 2.08. The Morgan fingerprint density at radius 2 is 2.11 bits per heavy atom. The van der Waals surface area contributed by atoms with Crippen LogP contribution in [0.3, 0.4) is 0 Å². The molecule has 0 aromatic carbocycles. The standard InChI is InChI=1S/C13H20N6/c1-3-4-10-12(14)17-9-18-13(10)16-6-5-11-15-7-8-19(11)2/h7-9H,3-6H2,1-2H3,(H3,14,16,17,18). The Hall–Kier alpha value is -2.11. The van der Waals surface area contributed by atoms with Gasteiger partial charge in [0, 0.05) is 38.0 Å². The van der Waals surface area contributed by atoms with Crippen LogP contribution in [0.1, 0.15) is 24.7 Å². The highest BCUT2D eigenvalue weighted by atomic mass is 15.1. The van der Waals surface area contributed by atoms with E-state index in [1.54, 1.807) is 6.20 Å². The van der Waals surface area contributed by atoms with Gasteiger partial charge in [-0.25, -0.2) is 15.0 Å². The third-order valence-electron chi connectivity index (χ3n) is 3.04. The van der Waals surface area contributed by atoms with E-state index < -0.39 is 0 Å². The summed E-state index contributed by atoms with van der Waals surface area (Å²) in [5.74, 6) is 2.45. The molecule has 0 saturated heterocycles. The fraction of sp³-hybridized carbons (Fsp3) is 0.462. The molecule has 0 bridgehead atoms. The van der Waals surface area contributed by atoms with Gasteiger partial charge in [0.2, 0.25) is 0 Å². The van der Waals surface area contributed by atoms with Crippen molar-refractivity contribution < 1.29 is 0 Å². The molecule has 6 heteroatoms. The van der Waals surface area contributed by atoms with E-state index in [9.17, 15) is 0 Å². The summed E-state index contributed by atoms with van der Waals surface area (Å²) in [6.07, 6.45) is 8.00. The van der Waals surface area contributed by atoms with E-state index in [0.717, 1.165) is 43.0 Å². The lowest BCUT2D eigenvalue weighted by atomic mass is 10.1. The number of rotatable bonds is 6. The molecular formula is C13H20N6. The molecule has 0 saturated carbocycles. The summed E-state index contributed by atoms with van der Waals surface area (Å²) >= 11 is 0. The number of nitrogen functional groups attached to an aromatic ring is 1. The summed E-state index contributed by atoms with van der Waals surface area (Å²) in [4.78, 5) is 12.6. The fourth-order valence-electron chi connectivity index (χ4n) is 2.00. The van der Waals surface area contributed by atoms with E-state index in [1.807, 2.05) is 17.8 Å². The summed E-state index contributed by atoms with van der Waals surface area (Å²) in [5, 5.41) is 3.32. The number of nitrogens with two attached hydrogens (primary N) is 1. The fourth-order valence-corrected chi connectivity index (χ4v) is 2.00. The Bertz CT molecular complexity index is 534. The summed E-state index contributed by atoms with van der Waals surface area (Å²) in [5.41, 5.74) is 6.89. The molecule has 2 aromatic rings. The molecule has 0 fully saturated rings. The van der Waals surface area contributed by atoms with Gasteiger partial charge in [-0.2, -0.15) is 0 Å². The second-order valence-corrected chi connectivity index (χ2v) is 4.47. The van der Waals surface area contributed by atoms with Crippen LogP contribution in [0.15, 0.2) is 18.7 Å². The van der Waals surface area contributed by atoms with Crippen LogP contribution >= 0.6 is 0 Å². The maximum Gasteiger partial charge on any atom is 0.134 e. The number of anilines is 2. The molecule has 0 amide bonds. The van der Waals surface area contributed by atoms with Gasteiger partial charge in [0.1, 0.15) is 23.8 Å². The van der Waals surface area contributed by atoms with Crippen molar-refractivity contribution in [3.63, 3.8) is 0 Å². The van der Waals surface area contributed by atoms with E-state index >= 15 is 0 Å². The minimum absolute atomic E-state index is 0.566. The number of hydrogen-bond donors (Lipinski definition) is 2. The Morgan fingerprint density at radius 1 is 1.26 bits per heavy atom. The normalized spacial score (nSPS) is 10.6. The average molecular weight is 260 g/mol. The van der Waals surface area contributed by atoms with Crippen molar-refractivity contribution in [1.82, 2.24) is 19.5 Å². The lowest BCUT2D eigenvalue weighted by Crippen LogP contribution is -2.12. The number of nitrogens with one attached hydrogen (secondary N) is 1. The second kappa shape index (κ2) is 6.17. The van der Waals surface area contributed by atoms with Crippen LogP contribution in [0, 0.1) is 0 Å². The van der Waals surface area contributed by atoms with Crippen LogP contribution in [-0.4, -0.2) is 26.1 Å². The van der Waals surface area contributed by atoms with Crippen molar-refractivity contribution in [3.8, 4) is 0 Å². The Labute approximate surface area is 113 Å². The molecule has 2 aromatic heterocycles. The van der Waals surface area contributed by atoms with Gasteiger partial charge in [0.05, 0.1) is 0 Å². The molecule has 3 N–H and O–H groups in total. The third-order valence-corrected chi connectivity index (χ3v) is 3.04. The molecule has 2 rings (SSSR count). The van der Waals surface area contributed by atoms with E-state index in [2.05, 4.69) is 27.2 Å². The van der Waals surface area contributed by atoms with Crippen LogP contribution in [-0.2, 0) is 19.9 Å². The van der Waals surface area contributed by atoms with E-state index in [1.165, 1.54) is 6.33 Å². The first-order chi connectivity index (χ1) is 9.22. The van der Waals surface area contributed by atoms with Crippen LogP contribution in [0.4, 0.5) is 11.6 Å². The predicted octanol–water partition coefficient (Wildman–Crippen LogP) is 1.40. The summed E-state index contributed by atoms with van der Waals surface area (Å²) in [7, 11) is 1.99. The molecule has 19 heavy (non-hydrogen) atoms. The van der Waals surface area contributed by atoms with Crippen LogP contribution in [0.25, 0.3) is 0 Å². The van der Waals surface area contributed by atoms with Crippen molar-refractivity contribution in [3.05, 3.63) is 30.1 Å². The van der Waals surface area contributed by atoms with Crippen LogP contribution in [0.2, 0.25) is 0 Å². The molecule has 0 aliphatic carbocycles. The van der Waals surface area contributed by atoms with Crippen molar-refractivity contribution in [1.29, 1.82) is 0 Å². The second-order valence-electron chi connectivity index (χ2n) is 4.47. The van der Waals surface area contributed by atoms with Gasteiger partial charge in [-0.3, -0.25) is 0 Å². The SMILES string of the molecule is CCCc1c(N)ncnc1NCCc1nccn1C. The molecule has 2 heterocycles. The highest BCUT2D eigenvalue weighted by molar-refractivity contribution is 5.54. The van der Waals surface area contributed by atoms with Crippen LogP contribution in [0.5, 0.6) is 0 Å². The zero-order valence-electron chi connectivity index (χ0n) is 11.4. The van der Waals surface area contributed by atoms with Crippen molar-refractivity contribution in [2.24, 2.45) is 7.05 Å². The highest BCUT2D eigenvalue weighted by Crippen LogP contribution is 2.18. The lowest BCUT2D eigenvalue weighted by Gasteiger charge is -2.11. The molecule has 0 unspecified atom stereocenters. The molecule has 102 valence electrons. The minimum Gasteiger partial charge on any atom is -0.383 e.